The van der Waals surface area contributed by atoms with E-state index in [4.69, 9.17) is 21.6 Å². The topological polar surface area (TPSA) is 74.6 Å². The molecule has 4 aromatic rings. The number of ether oxygens (including phenoxy) is 1. The average molecular weight is 458 g/mol. The van der Waals surface area contributed by atoms with Gasteiger partial charge in [-0.15, -0.1) is 0 Å². The molecule has 0 unspecified atom stereocenters. The van der Waals surface area contributed by atoms with E-state index in [0.717, 1.165) is 10.9 Å². The maximum Gasteiger partial charge on any atom is 0.177 e. The van der Waals surface area contributed by atoms with Crippen LogP contribution in [0.15, 0.2) is 53.3 Å². The number of aromatic nitrogens is 3. The smallest absolute Gasteiger partial charge is 0.177 e. The predicted octanol–water partition coefficient (Wildman–Crippen LogP) is 5.77. The van der Waals surface area contributed by atoms with Crippen LogP contribution in [0.3, 0.4) is 0 Å². The van der Waals surface area contributed by atoms with Crippen LogP contribution in [0.25, 0.3) is 10.9 Å². The molecule has 0 spiro atoms. The van der Waals surface area contributed by atoms with Crippen molar-refractivity contribution in [2.24, 2.45) is 0 Å². The van der Waals surface area contributed by atoms with Gasteiger partial charge in [-0.1, -0.05) is 17.7 Å². The third-order valence-electron chi connectivity index (χ3n) is 4.15. The van der Waals surface area contributed by atoms with E-state index >= 15 is 4.39 Å². The molecule has 0 amide bonds. The fraction of sp³-hybridized carbons (Fsp3) is 0.0500. The van der Waals surface area contributed by atoms with Gasteiger partial charge in [-0.25, -0.2) is 4.39 Å². The molecule has 0 aliphatic carbocycles. The lowest BCUT2D eigenvalue weighted by Crippen LogP contribution is -1.98. The minimum Gasteiger partial charge on any atom is -0.453 e. The molecule has 2 aromatic heterocycles. The Morgan fingerprint density at radius 2 is 2.11 bits per heavy atom. The normalized spacial score (nSPS) is 10.8. The highest BCUT2D eigenvalue weighted by molar-refractivity contribution is 9.10. The van der Waals surface area contributed by atoms with Crippen molar-refractivity contribution in [1.29, 1.82) is 5.26 Å². The summed E-state index contributed by atoms with van der Waals surface area (Å²) in [4.78, 5) is 4.10. The van der Waals surface area contributed by atoms with Crippen LogP contribution in [0.1, 0.15) is 16.8 Å². The molecule has 0 radical (unpaired) electrons. The number of hydrogen-bond acceptors (Lipinski definition) is 4. The van der Waals surface area contributed by atoms with Gasteiger partial charge in [0.05, 0.1) is 27.3 Å². The highest BCUT2D eigenvalue weighted by Crippen LogP contribution is 2.36. The largest absolute Gasteiger partial charge is 0.453 e. The van der Waals surface area contributed by atoms with Crippen molar-refractivity contribution in [3.63, 3.8) is 0 Å². The molecular weight excluding hydrogens is 447 g/mol. The van der Waals surface area contributed by atoms with Gasteiger partial charge in [0.15, 0.2) is 11.6 Å². The number of pyridine rings is 1. The second-order valence-electron chi connectivity index (χ2n) is 6.01. The number of benzene rings is 2. The van der Waals surface area contributed by atoms with Crippen LogP contribution in [0.5, 0.6) is 11.5 Å². The summed E-state index contributed by atoms with van der Waals surface area (Å²) in [5.74, 6) is -0.232. The van der Waals surface area contributed by atoms with E-state index in [1.807, 2.05) is 12.1 Å². The maximum absolute atomic E-state index is 15.2. The Hall–Kier alpha value is -2.95. The molecular formula is C20H11BrClFN4O. The molecule has 2 aromatic carbocycles. The zero-order valence-corrected chi connectivity index (χ0v) is 16.6. The quantitative estimate of drug-likeness (QED) is 0.422. The molecule has 0 aliphatic rings. The molecule has 2 heterocycles. The molecule has 4 rings (SSSR count). The Balaban J connectivity index is 1.70. The van der Waals surface area contributed by atoms with Crippen LogP contribution in [0.4, 0.5) is 4.39 Å². The van der Waals surface area contributed by atoms with E-state index in [9.17, 15) is 0 Å². The first-order valence-electron chi connectivity index (χ1n) is 8.17. The fourth-order valence-electron chi connectivity index (χ4n) is 2.83. The van der Waals surface area contributed by atoms with Crippen LogP contribution in [-0.2, 0) is 6.42 Å². The molecule has 8 heteroatoms. The van der Waals surface area contributed by atoms with Crippen molar-refractivity contribution >= 4 is 38.4 Å². The Bertz CT molecular complexity index is 1230. The zero-order valence-electron chi connectivity index (χ0n) is 14.2. The fourth-order valence-corrected chi connectivity index (χ4v) is 3.44. The van der Waals surface area contributed by atoms with E-state index in [0.29, 0.717) is 26.3 Å². The zero-order chi connectivity index (χ0) is 19.7. The summed E-state index contributed by atoms with van der Waals surface area (Å²) in [6.07, 6.45) is 3.62. The Kier molecular flexibility index (Phi) is 4.99. The average Bonchev–Trinajstić information content (AvgIpc) is 3.10. The van der Waals surface area contributed by atoms with Crippen molar-refractivity contribution < 1.29 is 9.13 Å². The number of nitrogens with one attached hydrogen (secondary N) is 1. The van der Waals surface area contributed by atoms with Crippen LogP contribution >= 0.6 is 27.5 Å². The van der Waals surface area contributed by atoms with Gasteiger partial charge in [0.2, 0.25) is 0 Å². The van der Waals surface area contributed by atoms with Crippen molar-refractivity contribution in [3.05, 3.63) is 80.9 Å². The Labute approximate surface area is 172 Å². The lowest BCUT2D eigenvalue weighted by Gasteiger charge is -2.12. The van der Waals surface area contributed by atoms with Gasteiger partial charge < -0.3 is 4.74 Å². The summed E-state index contributed by atoms with van der Waals surface area (Å²) in [5.41, 5.74) is 2.26. The van der Waals surface area contributed by atoms with Gasteiger partial charge in [0.1, 0.15) is 5.75 Å². The molecule has 1 N–H and O–H groups in total. The van der Waals surface area contributed by atoms with E-state index in [2.05, 4.69) is 31.1 Å². The Morgan fingerprint density at radius 1 is 1.25 bits per heavy atom. The van der Waals surface area contributed by atoms with Gasteiger partial charge >= 0.3 is 0 Å². The lowest BCUT2D eigenvalue weighted by atomic mass is 10.1. The van der Waals surface area contributed by atoms with Gasteiger partial charge in [0, 0.05) is 29.2 Å². The highest BCUT2D eigenvalue weighted by Gasteiger charge is 2.17. The van der Waals surface area contributed by atoms with Crippen LogP contribution < -0.4 is 4.74 Å². The van der Waals surface area contributed by atoms with Crippen LogP contribution in [0.2, 0.25) is 5.02 Å². The van der Waals surface area contributed by atoms with Crippen molar-refractivity contribution in [3.8, 4) is 17.6 Å². The molecule has 0 saturated heterocycles. The maximum atomic E-state index is 15.2. The summed E-state index contributed by atoms with van der Waals surface area (Å²) < 4.78 is 21.3. The van der Waals surface area contributed by atoms with Crippen molar-refractivity contribution in [1.82, 2.24) is 15.2 Å². The number of rotatable bonds is 4. The minimum atomic E-state index is -0.520. The summed E-state index contributed by atoms with van der Waals surface area (Å²) in [7, 11) is 0. The van der Waals surface area contributed by atoms with Gasteiger partial charge in [-0.05, 0) is 51.8 Å². The first-order chi connectivity index (χ1) is 13.5. The van der Waals surface area contributed by atoms with Crippen molar-refractivity contribution in [2.45, 2.75) is 6.42 Å². The standard InChI is InChI=1S/C20H11BrClFN4O/c21-16-2-1-12(7-18-15-10-25-4-3-17(15)26-27-18)19(23)20(16)28-14-6-11(9-24)5-13(22)8-14/h1-6,8,10H,7H2,(H,26,27). The SMILES string of the molecule is N#Cc1cc(Cl)cc(Oc2c(Br)ccc(Cc3n[nH]c4ccncc34)c2F)c1. The minimum absolute atomic E-state index is 0.0154. The number of nitrogens with zero attached hydrogens (tertiary/aromatic N) is 3. The molecule has 0 aliphatic heterocycles. The third-order valence-corrected chi connectivity index (χ3v) is 4.99. The van der Waals surface area contributed by atoms with Gasteiger partial charge in [-0.2, -0.15) is 10.4 Å². The van der Waals surface area contributed by atoms with E-state index < -0.39 is 5.82 Å². The van der Waals surface area contributed by atoms with Gasteiger partial charge in [-0.3, -0.25) is 10.1 Å². The summed E-state index contributed by atoms with van der Waals surface area (Å²) >= 11 is 9.32. The monoisotopic (exact) mass is 456 g/mol. The third kappa shape index (κ3) is 3.57. The van der Waals surface area contributed by atoms with E-state index in [-0.39, 0.29) is 17.9 Å². The number of hydrogen-bond donors (Lipinski definition) is 1. The second kappa shape index (κ2) is 7.58. The predicted molar refractivity (Wildman–Crippen MR) is 107 cm³/mol. The molecule has 0 saturated carbocycles. The lowest BCUT2D eigenvalue weighted by molar-refractivity contribution is 0.436. The first kappa shape index (κ1) is 18.4. The number of fused-ring (bicyclic) bond motifs is 1. The van der Waals surface area contributed by atoms with Crippen LogP contribution in [0, 0.1) is 17.1 Å². The number of H-pyrrole nitrogens is 1. The molecule has 28 heavy (non-hydrogen) atoms. The number of halogens is 3. The van der Waals surface area contributed by atoms with Crippen molar-refractivity contribution in [2.75, 3.05) is 0 Å². The molecule has 0 fully saturated rings. The summed E-state index contributed by atoms with van der Waals surface area (Å²) in [5, 5.41) is 17.4. The van der Waals surface area contributed by atoms with E-state index in [1.54, 1.807) is 24.5 Å². The Morgan fingerprint density at radius 3 is 2.93 bits per heavy atom. The van der Waals surface area contributed by atoms with Gasteiger partial charge in [0.25, 0.3) is 0 Å². The number of nitriles is 1. The molecule has 5 nitrogen and oxygen atoms in total. The molecule has 0 bridgehead atoms. The van der Waals surface area contributed by atoms with E-state index in [1.165, 1.54) is 18.2 Å². The number of aromatic amines is 1. The molecule has 138 valence electrons. The molecule has 0 atom stereocenters. The van der Waals surface area contributed by atoms with Crippen LogP contribution in [-0.4, -0.2) is 15.2 Å². The highest BCUT2D eigenvalue weighted by atomic mass is 79.9. The first-order valence-corrected chi connectivity index (χ1v) is 9.34. The second-order valence-corrected chi connectivity index (χ2v) is 7.30. The summed E-state index contributed by atoms with van der Waals surface area (Å²) in [6.45, 7) is 0. The summed E-state index contributed by atoms with van der Waals surface area (Å²) in [6, 6.07) is 11.7.